The number of anilines is 1. The van der Waals surface area contributed by atoms with E-state index in [9.17, 15) is 4.79 Å². The second kappa shape index (κ2) is 4.47. The highest BCUT2D eigenvalue weighted by Gasteiger charge is 2.18. The number of hydrogen-bond donors (Lipinski definition) is 2. The molecule has 5 nitrogen and oxygen atoms in total. The van der Waals surface area contributed by atoms with E-state index in [4.69, 9.17) is 5.73 Å². The van der Waals surface area contributed by atoms with E-state index in [1.807, 2.05) is 20.8 Å². The van der Waals surface area contributed by atoms with Crippen LogP contribution in [0, 0.1) is 12.8 Å². The van der Waals surface area contributed by atoms with E-state index < -0.39 is 6.04 Å². The zero-order valence-electron chi connectivity index (χ0n) is 8.44. The minimum Gasteiger partial charge on any atom is -0.320 e. The van der Waals surface area contributed by atoms with Crippen LogP contribution in [0.1, 0.15) is 18.9 Å². The maximum atomic E-state index is 11.5. The average molecular weight is 214 g/mol. The first kappa shape index (κ1) is 11.1. The number of aryl methyl sites for hydroxylation is 1. The number of aromatic nitrogens is 2. The first-order valence-electron chi connectivity index (χ1n) is 4.37. The van der Waals surface area contributed by atoms with Gasteiger partial charge in [0.05, 0.1) is 6.04 Å². The molecule has 1 aromatic heterocycles. The van der Waals surface area contributed by atoms with Gasteiger partial charge in [0.15, 0.2) is 0 Å². The number of amides is 1. The van der Waals surface area contributed by atoms with Crippen molar-refractivity contribution in [1.29, 1.82) is 0 Å². The van der Waals surface area contributed by atoms with Crippen LogP contribution in [0.2, 0.25) is 0 Å². The SMILES string of the molecule is Cc1nnc(NC(=O)C(N)C(C)C)s1. The third-order valence-corrected chi connectivity index (χ3v) is 2.53. The highest BCUT2D eigenvalue weighted by molar-refractivity contribution is 7.15. The summed E-state index contributed by atoms with van der Waals surface area (Å²) in [6.45, 7) is 5.63. The van der Waals surface area contributed by atoms with Crippen molar-refractivity contribution in [3.05, 3.63) is 5.01 Å². The van der Waals surface area contributed by atoms with Gasteiger partial charge in [0.25, 0.3) is 0 Å². The molecule has 0 saturated carbocycles. The summed E-state index contributed by atoms with van der Waals surface area (Å²) < 4.78 is 0. The average Bonchev–Trinajstić information content (AvgIpc) is 2.49. The lowest BCUT2D eigenvalue weighted by molar-refractivity contribution is -0.118. The fraction of sp³-hybridized carbons (Fsp3) is 0.625. The topological polar surface area (TPSA) is 80.9 Å². The summed E-state index contributed by atoms with van der Waals surface area (Å²) in [4.78, 5) is 11.5. The van der Waals surface area contributed by atoms with E-state index in [1.165, 1.54) is 11.3 Å². The van der Waals surface area contributed by atoms with Crippen molar-refractivity contribution in [2.24, 2.45) is 11.7 Å². The molecule has 1 aromatic rings. The molecule has 1 rings (SSSR count). The lowest BCUT2D eigenvalue weighted by Crippen LogP contribution is -2.39. The summed E-state index contributed by atoms with van der Waals surface area (Å²) in [6.07, 6.45) is 0. The minimum absolute atomic E-state index is 0.115. The van der Waals surface area contributed by atoms with Crippen LogP contribution in [0.25, 0.3) is 0 Å². The molecule has 1 atom stereocenters. The van der Waals surface area contributed by atoms with Crippen LogP contribution in [0.4, 0.5) is 5.13 Å². The number of hydrogen-bond acceptors (Lipinski definition) is 5. The third kappa shape index (κ3) is 2.74. The van der Waals surface area contributed by atoms with Crippen molar-refractivity contribution < 1.29 is 4.79 Å². The van der Waals surface area contributed by atoms with Crippen LogP contribution in [-0.2, 0) is 4.79 Å². The van der Waals surface area contributed by atoms with Crippen LogP contribution in [0.15, 0.2) is 0 Å². The van der Waals surface area contributed by atoms with E-state index in [1.54, 1.807) is 0 Å². The van der Waals surface area contributed by atoms with Crippen LogP contribution in [0.3, 0.4) is 0 Å². The van der Waals surface area contributed by atoms with E-state index in [0.717, 1.165) is 5.01 Å². The zero-order valence-corrected chi connectivity index (χ0v) is 9.26. The third-order valence-electron chi connectivity index (χ3n) is 1.78. The molecule has 1 heterocycles. The minimum atomic E-state index is -0.501. The summed E-state index contributed by atoms with van der Waals surface area (Å²) in [7, 11) is 0. The van der Waals surface area contributed by atoms with E-state index in [2.05, 4.69) is 15.5 Å². The molecule has 6 heteroatoms. The van der Waals surface area contributed by atoms with E-state index in [0.29, 0.717) is 5.13 Å². The predicted molar refractivity (Wildman–Crippen MR) is 56.1 cm³/mol. The molecule has 0 aliphatic rings. The van der Waals surface area contributed by atoms with Crippen molar-refractivity contribution >= 4 is 22.4 Å². The van der Waals surface area contributed by atoms with Crippen LogP contribution in [0.5, 0.6) is 0 Å². The Morgan fingerprint density at radius 3 is 2.57 bits per heavy atom. The summed E-state index contributed by atoms with van der Waals surface area (Å²) in [5.41, 5.74) is 5.66. The molecule has 0 spiro atoms. The standard InChI is InChI=1S/C8H14N4OS/c1-4(2)6(9)7(13)10-8-12-11-5(3)14-8/h4,6H,9H2,1-3H3,(H,10,12,13). The lowest BCUT2D eigenvalue weighted by Gasteiger charge is -2.13. The van der Waals surface area contributed by atoms with Gasteiger partial charge in [-0.2, -0.15) is 0 Å². The number of carbonyl (C=O) groups excluding carboxylic acids is 1. The normalized spacial score (nSPS) is 12.9. The van der Waals surface area contributed by atoms with E-state index >= 15 is 0 Å². The Labute approximate surface area is 86.7 Å². The molecule has 0 aliphatic carbocycles. The number of nitrogens with two attached hydrogens (primary N) is 1. The van der Waals surface area contributed by atoms with Gasteiger partial charge >= 0.3 is 0 Å². The van der Waals surface area contributed by atoms with Gasteiger partial charge in [-0.3, -0.25) is 10.1 Å². The fourth-order valence-electron chi connectivity index (χ4n) is 0.839. The highest BCUT2D eigenvalue weighted by Crippen LogP contribution is 2.14. The first-order chi connectivity index (χ1) is 6.50. The monoisotopic (exact) mass is 214 g/mol. The Morgan fingerprint density at radius 2 is 2.14 bits per heavy atom. The molecular formula is C8H14N4OS. The Morgan fingerprint density at radius 1 is 1.50 bits per heavy atom. The largest absolute Gasteiger partial charge is 0.320 e. The molecule has 0 aliphatic heterocycles. The van der Waals surface area contributed by atoms with Crippen molar-refractivity contribution in [2.75, 3.05) is 5.32 Å². The molecule has 0 saturated heterocycles. The van der Waals surface area contributed by atoms with E-state index in [-0.39, 0.29) is 11.8 Å². The maximum Gasteiger partial charge on any atom is 0.243 e. The van der Waals surface area contributed by atoms with Crippen LogP contribution in [-0.4, -0.2) is 22.1 Å². The van der Waals surface area contributed by atoms with Gasteiger partial charge in [0.1, 0.15) is 5.01 Å². The Balaban J connectivity index is 2.57. The molecule has 78 valence electrons. The van der Waals surface area contributed by atoms with Crippen LogP contribution >= 0.6 is 11.3 Å². The molecule has 0 aromatic carbocycles. The molecule has 14 heavy (non-hydrogen) atoms. The van der Waals surface area contributed by atoms with Gasteiger partial charge in [-0.1, -0.05) is 25.2 Å². The number of nitrogens with zero attached hydrogens (tertiary/aromatic N) is 2. The molecule has 0 fully saturated rings. The van der Waals surface area contributed by atoms with Gasteiger partial charge in [0.2, 0.25) is 11.0 Å². The molecular weight excluding hydrogens is 200 g/mol. The van der Waals surface area contributed by atoms with Gasteiger partial charge < -0.3 is 5.73 Å². The summed E-state index contributed by atoms with van der Waals surface area (Å²) in [5.74, 6) is -0.0971. The van der Waals surface area contributed by atoms with Gasteiger partial charge in [-0.05, 0) is 12.8 Å². The summed E-state index contributed by atoms with van der Waals surface area (Å²) in [6, 6.07) is -0.501. The number of rotatable bonds is 3. The summed E-state index contributed by atoms with van der Waals surface area (Å²) >= 11 is 1.34. The fourth-order valence-corrected chi connectivity index (χ4v) is 1.43. The molecule has 3 N–H and O–H groups in total. The predicted octanol–water partition coefficient (Wildman–Crippen LogP) is 0.768. The van der Waals surface area contributed by atoms with Crippen molar-refractivity contribution in [2.45, 2.75) is 26.8 Å². The first-order valence-corrected chi connectivity index (χ1v) is 5.19. The van der Waals surface area contributed by atoms with Crippen LogP contribution < -0.4 is 11.1 Å². The van der Waals surface area contributed by atoms with Gasteiger partial charge in [-0.25, -0.2) is 0 Å². The molecule has 1 amide bonds. The molecule has 1 unspecified atom stereocenters. The zero-order chi connectivity index (χ0) is 10.7. The Hall–Kier alpha value is -1.01. The highest BCUT2D eigenvalue weighted by atomic mass is 32.1. The number of carbonyl (C=O) groups is 1. The van der Waals surface area contributed by atoms with Crippen molar-refractivity contribution in [3.8, 4) is 0 Å². The lowest BCUT2D eigenvalue weighted by atomic mass is 10.1. The van der Waals surface area contributed by atoms with Crippen molar-refractivity contribution in [1.82, 2.24) is 10.2 Å². The van der Waals surface area contributed by atoms with Crippen molar-refractivity contribution in [3.63, 3.8) is 0 Å². The second-order valence-electron chi connectivity index (χ2n) is 3.39. The Bertz CT molecular complexity index is 323. The smallest absolute Gasteiger partial charge is 0.243 e. The second-order valence-corrected chi connectivity index (χ2v) is 4.57. The number of nitrogens with one attached hydrogen (secondary N) is 1. The molecule has 0 bridgehead atoms. The maximum absolute atomic E-state index is 11.5. The Kier molecular flexibility index (Phi) is 3.54. The van der Waals surface area contributed by atoms with Gasteiger partial charge in [-0.15, -0.1) is 10.2 Å². The molecule has 0 radical (unpaired) electrons. The summed E-state index contributed by atoms with van der Waals surface area (Å²) in [5, 5.41) is 11.5. The van der Waals surface area contributed by atoms with Gasteiger partial charge in [0, 0.05) is 0 Å². The quantitative estimate of drug-likeness (QED) is 0.778.